The molecule has 0 rings (SSSR count). The van der Waals surface area contributed by atoms with Gasteiger partial charge >= 0.3 is 0 Å². The van der Waals surface area contributed by atoms with Crippen molar-refractivity contribution in [3.8, 4) is 0 Å². The Morgan fingerprint density at radius 1 is 1.86 bits per heavy atom. The third-order valence-corrected chi connectivity index (χ3v) is 2.22. The summed E-state index contributed by atoms with van der Waals surface area (Å²) in [6.45, 7) is 2.39. The first-order valence-corrected chi connectivity index (χ1v) is 3.83. The minimum absolute atomic E-state index is 0.153. The maximum Gasteiger partial charge on any atom is 0.0439 e. The minimum Gasteiger partial charge on any atom is -0.329 e. The second-order valence-corrected chi connectivity index (χ2v) is 3.35. The lowest BCUT2D eigenvalue weighted by Gasteiger charge is -1.99. The Morgan fingerprint density at radius 3 is 2.29 bits per heavy atom. The molecule has 0 aromatic carbocycles. The molecule has 0 heterocycles. The van der Waals surface area contributed by atoms with Crippen LogP contribution in [0.4, 0.5) is 0 Å². The van der Waals surface area contributed by atoms with Gasteiger partial charge in [-0.05, 0) is 6.92 Å². The Morgan fingerprint density at radius 2 is 2.29 bits per heavy atom. The van der Waals surface area contributed by atoms with Gasteiger partial charge in [0.05, 0.1) is 0 Å². The molecule has 44 valence electrons. The largest absolute Gasteiger partial charge is 0.329 e. The molecule has 0 bridgehead atoms. The molecule has 0 aliphatic heterocycles. The van der Waals surface area contributed by atoms with E-state index in [1.165, 1.54) is 0 Å². The summed E-state index contributed by atoms with van der Waals surface area (Å²) in [6.07, 6.45) is 1.66. The van der Waals surface area contributed by atoms with Crippen molar-refractivity contribution < 1.29 is 4.21 Å². The second-order valence-electron chi connectivity index (χ2n) is 1.54. The second kappa shape index (κ2) is 3.16. The summed E-state index contributed by atoms with van der Waals surface area (Å²) in [6, 6.07) is 0. The normalized spacial score (nSPS) is 18.7. The zero-order valence-corrected chi connectivity index (χ0v) is 5.49. The topological polar surface area (TPSA) is 43.1 Å². The van der Waals surface area contributed by atoms with Crippen LogP contribution >= 0.6 is 0 Å². The van der Waals surface area contributed by atoms with Crippen LogP contribution in [-0.2, 0) is 10.8 Å². The van der Waals surface area contributed by atoms with Crippen molar-refractivity contribution in [3.05, 3.63) is 0 Å². The van der Waals surface area contributed by atoms with E-state index < -0.39 is 10.8 Å². The molecular formula is C4H11NOS. The zero-order valence-electron chi connectivity index (χ0n) is 4.68. The van der Waals surface area contributed by atoms with Gasteiger partial charge in [0.25, 0.3) is 0 Å². The molecule has 0 aliphatic rings. The monoisotopic (exact) mass is 121 g/mol. The van der Waals surface area contributed by atoms with E-state index in [1.54, 1.807) is 6.26 Å². The summed E-state index contributed by atoms with van der Waals surface area (Å²) in [4.78, 5) is 0. The first kappa shape index (κ1) is 7.11. The number of rotatable bonds is 2. The van der Waals surface area contributed by atoms with Crippen LogP contribution in [0.15, 0.2) is 0 Å². The van der Waals surface area contributed by atoms with Gasteiger partial charge in [-0.15, -0.1) is 0 Å². The van der Waals surface area contributed by atoms with Gasteiger partial charge in [0.2, 0.25) is 0 Å². The molecule has 0 unspecified atom stereocenters. The summed E-state index contributed by atoms with van der Waals surface area (Å²) in [7, 11) is -0.735. The molecule has 0 amide bonds. The highest BCUT2D eigenvalue weighted by molar-refractivity contribution is 7.84. The van der Waals surface area contributed by atoms with Gasteiger partial charge in [0.15, 0.2) is 0 Å². The number of hydrogen-bond donors (Lipinski definition) is 1. The minimum atomic E-state index is -0.735. The standard InChI is InChI=1S/C4H11NOS/c1-4(3-5)7(2)6/h4H,3,5H2,1-2H3/t4-,7-/m0/s1. The van der Waals surface area contributed by atoms with Gasteiger partial charge in [-0.3, -0.25) is 4.21 Å². The number of hydrogen-bond acceptors (Lipinski definition) is 2. The summed E-state index contributed by atoms with van der Waals surface area (Å²) in [5.41, 5.74) is 5.18. The quantitative estimate of drug-likeness (QED) is 0.545. The van der Waals surface area contributed by atoms with Crippen LogP contribution in [0, 0.1) is 0 Å². The van der Waals surface area contributed by atoms with Crippen LogP contribution < -0.4 is 5.73 Å². The lowest BCUT2D eigenvalue weighted by molar-refractivity contribution is 0.677. The van der Waals surface area contributed by atoms with Gasteiger partial charge in [0.1, 0.15) is 0 Å². The molecule has 3 heteroatoms. The predicted octanol–water partition coefficient (Wildman–Crippen LogP) is -0.288. The molecule has 2 atom stereocenters. The summed E-state index contributed by atoms with van der Waals surface area (Å²) in [5, 5.41) is 0.153. The highest BCUT2D eigenvalue weighted by Crippen LogP contribution is 1.85. The van der Waals surface area contributed by atoms with E-state index in [1.807, 2.05) is 6.92 Å². The highest BCUT2D eigenvalue weighted by Gasteiger charge is 1.99. The van der Waals surface area contributed by atoms with Crippen molar-refractivity contribution in [1.82, 2.24) is 0 Å². The maximum absolute atomic E-state index is 10.4. The summed E-state index contributed by atoms with van der Waals surface area (Å²) >= 11 is 0. The average Bonchev–Trinajstić information content (AvgIpc) is 1.65. The lowest BCUT2D eigenvalue weighted by atomic mass is 10.5. The molecule has 0 radical (unpaired) electrons. The van der Waals surface area contributed by atoms with E-state index in [9.17, 15) is 4.21 Å². The fourth-order valence-corrected chi connectivity index (χ4v) is 0.407. The average molecular weight is 121 g/mol. The van der Waals surface area contributed by atoms with Crippen LogP contribution in [-0.4, -0.2) is 22.3 Å². The van der Waals surface area contributed by atoms with Crippen molar-refractivity contribution in [2.24, 2.45) is 5.73 Å². The highest BCUT2D eigenvalue weighted by atomic mass is 32.2. The Bertz CT molecular complexity index is 74.1. The third-order valence-electron chi connectivity index (χ3n) is 0.899. The third kappa shape index (κ3) is 2.76. The SMILES string of the molecule is C[C@@H](CN)[S@](C)=O. The fourth-order valence-electron chi connectivity index (χ4n) is 0.136. The van der Waals surface area contributed by atoms with Gasteiger partial charge in [-0.2, -0.15) is 0 Å². The zero-order chi connectivity index (χ0) is 5.86. The van der Waals surface area contributed by atoms with E-state index in [2.05, 4.69) is 0 Å². The molecule has 2 N–H and O–H groups in total. The van der Waals surface area contributed by atoms with Crippen molar-refractivity contribution in [1.29, 1.82) is 0 Å². The molecule has 0 aromatic rings. The van der Waals surface area contributed by atoms with Gasteiger partial charge in [-0.1, -0.05) is 0 Å². The molecule has 0 saturated heterocycles. The Kier molecular flexibility index (Phi) is 3.21. The van der Waals surface area contributed by atoms with E-state index in [4.69, 9.17) is 5.73 Å². The van der Waals surface area contributed by atoms with Gasteiger partial charge in [-0.25, -0.2) is 0 Å². The molecule has 2 nitrogen and oxygen atoms in total. The molecule has 0 saturated carbocycles. The molecule has 0 spiro atoms. The van der Waals surface area contributed by atoms with E-state index in [0.29, 0.717) is 6.54 Å². The smallest absolute Gasteiger partial charge is 0.0439 e. The number of nitrogens with two attached hydrogens (primary N) is 1. The predicted molar refractivity (Wildman–Crippen MR) is 32.6 cm³/mol. The Hall–Kier alpha value is 0.110. The first-order valence-electron chi connectivity index (χ1n) is 2.20. The molecule has 0 aliphatic carbocycles. The summed E-state index contributed by atoms with van der Waals surface area (Å²) < 4.78 is 10.4. The van der Waals surface area contributed by atoms with Crippen LogP contribution in [0.2, 0.25) is 0 Å². The van der Waals surface area contributed by atoms with Crippen molar-refractivity contribution >= 4 is 10.8 Å². The van der Waals surface area contributed by atoms with Crippen molar-refractivity contribution in [2.45, 2.75) is 12.2 Å². The van der Waals surface area contributed by atoms with E-state index in [-0.39, 0.29) is 5.25 Å². The van der Waals surface area contributed by atoms with Gasteiger partial charge in [0, 0.05) is 28.9 Å². The van der Waals surface area contributed by atoms with Crippen molar-refractivity contribution in [3.63, 3.8) is 0 Å². The maximum atomic E-state index is 10.4. The molecule has 0 fully saturated rings. The lowest BCUT2D eigenvalue weighted by Crippen LogP contribution is -2.20. The van der Waals surface area contributed by atoms with E-state index in [0.717, 1.165) is 0 Å². The van der Waals surface area contributed by atoms with E-state index >= 15 is 0 Å². The summed E-state index contributed by atoms with van der Waals surface area (Å²) in [5.74, 6) is 0. The fraction of sp³-hybridized carbons (Fsp3) is 1.00. The van der Waals surface area contributed by atoms with Crippen molar-refractivity contribution in [2.75, 3.05) is 12.8 Å². The Balaban J connectivity index is 3.34. The van der Waals surface area contributed by atoms with Crippen LogP contribution in [0.3, 0.4) is 0 Å². The molecule has 0 aromatic heterocycles. The van der Waals surface area contributed by atoms with Crippen LogP contribution in [0.25, 0.3) is 0 Å². The van der Waals surface area contributed by atoms with Crippen LogP contribution in [0.1, 0.15) is 6.92 Å². The first-order chi connectivity index (χ1) is 3.18. The van der Waals surface area contributed by atoms with Crippen LogP contribution in [0.5, 0.6) is 0 Å². The molecular weight excluding hydrogens is 110 g/mol. The van der Waals surface area contributed by atoms with Gasteiger partial charge < -0.3 is 5.73 Å². The molecule has 7 heavy (non-hydrogen) atoms. The Labute approximate surface area is 46.5 Å².